The molecule has 1 fully saturated rings. The van der Waals surface area contributed by atoms with Crippen LogP contribution in [0.5, 0.6) is 0 Å². The Hall–Kier alpha value is -0.170. The summed E-state index contributed by atoms with van der Waals surface area (Å²) in [7, 11) is -3.44. The molecule has 0 aromatic carbocycles. The molecule has 0 radical (unpaired) electrons. The van der Waals surface area contributed by atoms with Crippen LogP contribution in [0.15, 0.2) is 0 Å². The number of primary sulfonamides is 1. The lowest BCUT2D eigenvalue weighted by Crippen LogP contribution is -2.36. The third-order valence-corrected chi connectivity index (χ3v) is 4.36. The van der Waals surface area contributed by atoms with Gasteiger partial charge in [0.2, 0.25) is 10.0 Å². The molecule has 19 heavy (non-hydrogen) atoms. The first-order valence-electron chi connectivity index (χ1n) is 6.84. The van der Waals surface area contributed by atoms with Gasteiger partial charge in [0.25, 0.3) is 0 Å². The van der Waals surface area contributed by atoms with Crippen LogP contribution < -0.4 is 5.14 Å². The summed E-state index contributed by atoms with van der Waals surface area (Å²) in [5.74, 6) is 0.0279. The summed E-state index contributed by atoms with van der Waals surface area (Å²) in [6.45, 7) is 7.45. The van der Waals surface area contributed by atoms with Gasteiger partial charge in [-0.25, -0.2) is 13.6 Å². The Labute approximate surface area is 116 Å². The molecule has 0 unspecified atom stereocenters. The van der Waals surface area contributed by atoms with E-state index in [2.05, 4.69) is 0 Å². The number of rotatable bonds is 7. The molecule has 0 spiro atoms. The quantitative estimate of drug-likeness (QED) is 0.724. The van der Waals surface area contributed by atoms with Gasteiger partial charge in [-0.05, 0) is 33.6 Å². The van der Waals surface area contributed by atoms with Gasteiger partial charge in [0.05, 0.1) is 31.2 Å². The first-order valence-corrected chi connectivity index (χ1v) is 8.56. The number of ether oxygens (including phenoxy) is 2. The van der Waals surface area contributed by atoms with E-state index in [-0.39, 0.29) is 16.8 Å². The molecule has 1 rings (SSSR count). The van der Waals surface area contributed by atoms with E-state index < -0.39 is 10.0 Å². The van der Waals surface area contributed by atoms with E-state index in [1.807, 2.05) is 20.8 Å². The van der Waals surface area contributed by atoms with Gasteiger partial charge < -0.3 is 9.47 Å². The minimum Gasteiger partial charge on any atom is -0.378 e. The van der Waals surface area contributed by atoms with Crippen LogP contribution in [0, 0.1) is 5.41 Å². The van der Waals surface area contributed by atoms with E-state index in [4.69, 9.17) is 14.6 Å². The molecule has 0 bridgehead atoms. The average Bonchev–Trinajstić information content (AvgIpc) is 2.61. The van der Waals surface area contributed by atoms with E-state index in [0.717, 1.165) is 25.7 Å². The monoisotopic (exact) mass is 293 g/mol. The molecule has 0 saturated heterocycles. The van der Waals surface area contributed by atoms with E-state index in [0.29, 0.717) is 19.8 Å². The van der Waals surface area contributed by atoms with Crippen molar-refractivity contribution in [1.82, 2.24) is 0 Å². The molecule has 5 nitrogen and oxygen atoms in total. The second-order valence-electron chi connectivity index (χ2n) is 6.53. The van der Waals surface area contributed by atoms with Crippen LogP contribution in [0.3, 0.4) is 0 Å². The van der Waals surface area contributed by atoms with Crippen LogP contribution >= 0.6 is 0 Å². The molecular formula is C13H27NO4S. The third kappa shape index (κ3) is 7.25. The molecule has 0 heterocycles. The van der Waals surface area contributed by atoms with Crippen molar-refractivity contribution in [3.63, 3.8) is 0 Å². The van der Waals surface area contributed by atoms with Gasteiger partial charge in [-0.15, -0.1) is 0 Å². The Morgan fingerprint density at radius 1 is 1.16 bits per heavy atom. The van der Waals surface area contributed by atoms with E-state index in [1.165, 1.54) is 0 Å². The van der Waals surface area contributed by atoms with Crippen LogP contribution in [-0.4, -0.2) is 39.6 Å². The van der Waals surface area contributed by atoms with E-state index >= 15 is 0 Å². The number of sulfonamides is 1. The minimum absolute atomic E-state index is 0.0279. The van der Waals surface area contributed by atoms with Crippen LogP contribution in [0.2, 0.25) is 0 Å². The molecule has 1 aliphatic carbocycles. The van der Waals surface area contributed by atoms with Gasteiger partial charge in [-0.2, -0.15) is 0 Å². The lowest BCUT2D eigenvalue weighted by Gasteiger charge is -2.28. The highest BCUT2D eigenvalue weighted by molar-refractivity contribution is 7.89. The summed E-state index contributed by atoms with van der Waals surface area (Å²) in [5, 5.41) is 5.18. The topological polar surface area (TPSA) is 78.6 Å². The first kappa shape index (κ1) is 16.9. The highest BCUT2D eigenvalue weighted by Crippen LogP contribution is 2.39. The van der Waals surface area contributed by atoms with Crippen LogP contribution in [0.4, 0.5) is 0 Å². The predicted octanol–water partition coefficient (Wildman–Crippen LogP) is 1.67. The van der Waals surface area contributed by atoms with Crippen molar-refractivity contribution in [3.05, 3.63) is 0 Å². The fourth-order valence-electron chi connectivity index (χ4n) is 2.58. The van der Waals surface area contributed by atoms with Crippen molar-refractivity contribution in [2.24, 2.45) is 10.6 Å². The lowest BCUT2D eigenvalue weighted by atomic mass is 9.90. The predicted molar refractivity (Wildman–Crippen MR) is 75.4 cm³/mol. The molecular weight excluding hydrogens is 266 g/mol. The second kappa shape index (κ2) is 6.52. The summed E-state index contributed by atoms with van der Waals surface area (Å²) < 4.78 is 33.8. The Bertz CT molecular complexity index is 367. The van der Waals surface area contributed by atoms with Gasteiger partial charge in [0.15, 0.2) is 0 Å². The molecule has 0 atom stereocenters. The number of hydrogen-bond acceptors (Lipinski definition) is 4. The molecule has 1 aliphatic rings. The number of hydrogen-bond donors (Lipinski definition) is 1. The van der Waals surface area contributed by atoms with Crippen molar-refractivity contribution < 1.29 is 17.9 Å². The molecule has 0 aliphatic heterocycles. The van der Waals surface area contributed by atoms with Crippen LogP contribution in [0.25, 0.3) is 0 Å². The summed E-state index contributed by atoms with van der Waals surface area (Å²) in [4.78, 5) is 0. The van der Waals surface area contributed by atoms with Crippen molar-refractivity contribution in [3.8, 4) is 0 Å². The molecule has 0 amide bonds. The average molecular weight is 293 g/mol. The summed E-state index contributed by atoms with van der Waals surface area (Å²) in [6.07, 6.45) is 3.86. The largest absolute Gasteiger partial charge is 0.378 e. The summed E-state index contributed by atoms with van der Waals surface area (Å²) in [5.41, 5.74) is -0.454. The maximum atomic E-state index is 11.3. The molecule has 114 valence electrons. The SMILES string of the molecule is CC(C)(C)OCCOCC1(CS(N)(=O)=O)CCCC1. The van der Waals surface area contributed by atoms with Gasteiger partial charge in [0.1, 0.15) is 0 Å². The maximum absolute atomic E-state index is 11.3. The van der Waals surface area contributed by atoms with E-state index in [1.54, 1.807) is 0 Å². The zero-order chi connectivity index (χ0) is 14.6. The normalized spacial score (nSPS) is 19.8. The van der Waals surface area contributed by atoms with Gasteiger partial charge in [-0.1, -0.05) is 12.8 Å². The van der Waals surface area contributed by atoms with Crippen molar-refractivity contribution >= 4 is 10.0 Å². The zero-order valence-electron chi connectivity index (χ0n) is 12.3. The van der Waals surface area contributed by atoms with E-state index in [9.17, 15) is 8.42 Å². The number of nitrogens with two attached hydrogens (primary N) is 1. The van der Waals surface area contributed by atoms with Crippen molar-refractivity contribution in [1.29, 1.82) is 0 Å². The van der Waals surface area contributed by atoms with Crippen molar-refractivity contribution in [2.75, 3.05) is 25.6 Å². The standard InChI is InChI=1S/C13H27NO4S/c1-12(2,3)18-9-8-17-10-13(6-4-5-7-13)11-19(14,15)16/h4-11H2,1-3H3,(H2,14,15,16). The molecule has 1 saturated carbocycles. The highest BCUT2D eigenvalue weighted by atomic mass is 32.2. The fraction of sp³-hybridized carbons (Fsp3) is 1.00. The highest BCUT2D eigenvalue weighted by Gasteiger charge is 2.37. The Kier molecular flexibility index (Phi) is 5.79. The minimum atomic E-state index is -3.44. The van der Waals surface area contributed by atoms with Crippen LogP contribution in [-0.2, 0) is 19.5 Å². The summed E-state index contributed by atoms with van der Waals surface area (Å²) >= 11 is 0. The molecule has 0 aromatic rings. The third-order valence-electron chi connectivity index (χ3n) is 3.34. The van der Waals surface area contributed by atoms with Gasteiger partial charge in [0, 0.05) is 5.41 Å². The van der Waals surface area contributed by atoms with Gasteiger partial charge in [-0.3, -0.25) is 0 Å². The Balaban J connectivity index is 2.35. The zero-order valence-corrected chi connectivity index (χ0v) is 13.1. The Morgan fingerprint density at radius 3 is 2.21 bits per heavy atom. The molecule has 2 N–H and O–H groups in total. The fourth-order valence-corrected chi connectivity index (χ4v) is 3.80. The van der Waals surface area contributed by atoms with Crippen molar-refractivity contribution in [2.45, 2.75) is 52.1 Å². The van der Waals surface area contributed by atoms with Crippen LogP contribution in [0.1, 0.15) is 46.5 Å². The lowest BCUT2D eigenvalue weighted by molar-refractivity contribution is -0.0460. The summed E-state index contributed by atoms with van der Waals surface area (Å²) in [6, 6.07) is 0. The smallest absolute Gasteiger partial charge is 0.209 e. The molecule has 0 aromatic heterocycles. The van der Waals surface area contributed by atoms with Gasteiger partial charge >= 0.3 is 0 Å². The second-order valence-corrected chi connectivity index (χ2v) is 8.14. The maximum Gasteiger partial charge on any atom is 0.209 e. The molecule has 6 heteroatoms. The Morgan fingerprint density at radius 2 is 1.74 bits per heavy atom. The first-order chi connectivity index (χ1) is 8.62.